The van der Waals surface area contributed by atoms with Gasteiger partial charge in [0.25, 0.3) is 5.91 Å². The lowest BCUT2D eigenvalue weighted by atomic mass is 10.3. The Balaban J connectivity index is 2.17. The van der Waals surface area contributed by atoms with Crippen LogP contribution in [0.2, 0.25) is 0 Å². The van der Waals surface area contributed by atoms with Crippen molar-refractivity contribution in [2.45, 2.75) is 27.3 Å². The van der Waals surface area contributed by atoms with Gasteiger partial charge in [-0.25, -0.2) is 9.97 Å². The maximum absolute atomic E-state index is 12.3. The smallest absolute Gasteiger partial charge is 0.272 e. The molecule has 0 spiro atoms. The Bertz CT molecular complexity index is 590. The summed E-state index contributed by atoms with van der Waals surface area (Å²) in [5, 5.41) is 3.93. The van der Waals surface area contributed by atoms with E-state index in [9.17, 15) is 4.79 Å². The number of rotatable bonds is 3. The summed E-state index contributed by atoms with van der Waals surface area (Å²) in [6.45, 7) is 6.00. The van der Waals surface area contributed by atoms with Crippen LogP contribution in [0.15, 0.2) is 6.07 Å². The third kappa shape index (κ3) is 3.11. The minimum atomic E-state index is -0.124. The summed E-state index contributed by atoms with van der Waals surface area (Å²) in [5.74, 6) is 0.480. The van der Waals surface area contributed by atoms with Crippen LogP contribution in [0.5, 0.6) is 0 Å². The van der Waals surface area contributed by atoms with Gasteiger partial charge in [-0.2, -0.15) is 0 Å². The molecule has 100 valence electrons. The molecule has 19 heavy (non-hydrogen) atoms. The van der Waals surface area contributed by atoms with Crippen LogP contribution in [0.4, 0.5) is 0 Å². The Kier molecular flexibility index (Phi) is 3.84. The minimum absolute atomic E-state index is 0.124. The molecular weight excluding hydrogens is 262 g/mol. The summed E-state index contributed by atoms with van der Waals surface area (Å²) in [6, 6.07) is 1.70. The van der Waals surface area contributed by atoms with Crippen LogP contribution in [-0.4, -0.2) is 37.4 Å². The first-order chi connectivity index (χ1) is 8.97. The number of carbonyl (C=O) groups excluding carboxylic acids is 1. The van der Waals surface area contributed by atoms with Gasteiger partial charge in [0.15, 0.2) is 0 Å². The lowest BCUT2D eigenvalue weighted by Crippen LogP contribution is -2.27. The molecule has 0 atom stereocenters. The maximum atomic E-state index is 12.3. The van der Waals surface area contributed by atoms with Crippen molar-refractivity contribution in [2.75, 3.05) is 7.05 Å². The lowest BCUT2D eigenvalue weighted by molar-refractivity contribution is 0.0780. The maximum Gasteiger partial charge on any atom is 0.272 e. The molecule has 0 fully saturated rings. The molecule has 2 aromatic heterocycles. The molecule has 0 aliphatic carbocycles. The van der Waals surface area contributed by atoms with Crippen molar-refractivity contribution < 1.29 is 4.79 Å². The predicted molar refractivity (Wildman–Crippen MR) is 71.9 cm³/mol. The number of hydrogen-bond acceptors (Lipinski definition) is 6. The van der Waals surface area contributed by atoms with E-state index in [0.29, 0.717) is 18.1 Å². The largest absolute Gasteiger partial charge is 0.335 e. The summed E-state index contributed by atoms with van der Waals surface area (Å²) in [5.41, 5.74) is 2.07. The standard InChI is InChI=1S/C12H15N5OS/c1-7-5-10(14-9(3)13-7)12(18)17(4)6-11-8(2)15-16-19-11/h5H,6H2,1-4H3. The fraction of sp³-hybridized carbons (Fsp3) is 0.417. The molecule has 2 heterocycles. The van der Waals surface area contributed by atoms with Gasteiger partial charge >= 0.3 is 0 Å². The summed E-state index contributed by atoms with van der Waals surface area (Å²) in [4.78, 5) is 23.2. The van der Waals surface area contributed by atoms with Gasteiger partial charge in [-0.15, -0.1) is 5.10 Å². The van der Waals surface area contributed by atoms with Crippen LogP contribution in [0.3, 0.4) is 0 Å². The second-order valence-corrected chi connectivity index (χ2v) is 5.22. The van der Waals surface area contributed by atoms with Crippen LogP contribution < -0.4 is 0 Å². The van der Waals surface area contributed by atoms with E-state index in [0.717, 1.165) is 16.3 Å². The zero-order valence-electron chi connectivity index (χ0n) is 11.3. The number of aryl methyl sites for hydroxylation is 3. The van der Waals surface area contributed by atoms with E-state index in [4.69, 9.17) is 0 Å². The molecule has 0 unspecified atom stereocenters. The van der Waals surface area contributed by atoms with Gasteiger partial charge in [-0.3, -0.25) is 4.79 Å². The van der Waals surface area contributed by atoms with E-state index in [1.54, 1.807) is 24.9 Å². The number of amides is 1. The second kappa shape index (κ2) is 5.40. The van der Waals surface area contributed by atoms with Gasteiger partial charge in [-0.05, 0) is 38.4 Å². The Morgan fingerprint density at radius 1 is 1.32 bits per heavy atom. The first-order valence-electron chi connectivity index (χ1n) is 5.83. The van der Waals surface area contributed by atoms with Gasteiger partial charge in [0.1, 0.15) is 11.5 Å². The van der Waals surface area contributed by atoms with Crippen LogP contribution in [0.25, 0.3) is 0 Å². The molecule has 0 bridgehead atoms. The molecule has 0 aromatic carbocycles. The molecule has 2 rings (SSSR count). The summed E-state index contributed by atoms with van der Waals surface area (Å²) < 4.78 is 3.86. The second-order valence-electron chi connectivity index (χ2n) is 4.38. The van der Waals surface area contributed by atoms with Crippen molar-refractivity contribution in [1.82, 2.24) is 24.5 Å². The topological polar surface area (TPSA) is 71.9 Å². The Hall–Kier alpha value is -1.89. The van der Waals surface area contributed by atoms with Gasteiger partial charge < -0.3 is 4.90 Å². The van der Waals surface area contributed by atoms with Crippen molar-refractivity contribution >= 4 is 17.4 Å². The molecule has 0 saturated carbocycles. The van der Waals surface area contributed by atoms with Crippen LogP contribution in [-0.2, 0) is 6.54 Å². The van der Waals surface area contributed by atoms with Gasteiger partial charge in [-0.1, -0.05) is 4.49 Å². The molecule has 7 heteroatoms. The SMILES string of the molecule is Cc1cc(C(=O)N(C)Cc2snnc2C)nc(C)n1. The zero-order valence-corrected chi connectivity index (χ0v) is 12.2. The van der Waals surface area contributed by atoms with E-state index in [2.05, 4.69) is 19.6 Å². The van der Waals surface area contributed by atoms with Crippen molar-refractivity contribution in [3.05, 3.63) is 33.8 Å². The molecule has 0 saturated heterocycles. The predicted octanol–water partition coefficient (Wildman–Crippen LogP) is 1.53. The highest BCUT2D eigenvalue weighted by Crippen LogP contribution is 2.13. The Labute approximate surface area is 115 Å². The first-order valence-corrected chi connectivity index (χ1v) is 6.60. The molecule has 0 N–H and O–H groups in total. The van der Waals surface area contributed by atoms with Crippen LogP contribution in [0.1, 0.15) is 32.6 Å². The van der Waals surface area contributed by atoms with Gasteiger partial charge in [0.2, 0.25) is 0 Å². The number of nitrogens with zero attached hydrogens (tertiary/aromatic N) is 5. The number of carbonyl (C=O) groups is 1. The highest BCUT2D eigenvalue weighted by Gasteiger charge is 2.16. The van der Waals surface area contributed by atoms with E-state index < -0.39 is 0 Å². The molecule has 1 amide bonds. The normalized spacial score (nSPS) is 10.5. The first kappa shape index (κ1) is 13.5. The molecule has 2 aromatic rings. The van der Waals surface area contributed by atoms with Gasteiger partial charge in [0.05, 0.1) is 17.1 Å². The average molecular weight is 277 g/mol. The molecule has 0 aliphatic heterocycles. The van der Waals surface area contributed by atoms with Crippen molar-refractivity contribution in [3.63, 3.8) is 0 Å². The van der Waals surface area contributed by atoms with E-state index >= 15 is 0 Å². The molecule has 0 radical (unpaired) electrons. The highest BCUT2D eigenvalue weighted by molar-refractivity contribution is 7.05. The summed E-state index contributed by atoms with van der Waals surface area (Å²) >= 11 is 1.31. The fourth-order valence-electron chi connectivity index (χ4n) is 1.71. The fourth-order valence-corrected chi connectivity index (χ4v) is 2.39. The van der Waals surface area contributed by atoms with E-state index in [1.807, 2.05) is 13.8 Å². The zero-order chi connectivity index (χ0) is 14.0. The monoisotopic (exact) mass is 277 g/mol. The quantitative estimate of drug-likeness (QED) is 0.850. The van der Waals surface area contributed by atoms with Gasteiger partial charge in [0, 0.05) is 12.7 Å². The van der Waals surface area contributed by atoms with Crippen LogP contribution >= 0.6 is 11.5 Å². The van der Waals surface area contributed by atoms with Crippen molar-refractivity contribution in [2.24, 2.45) is 0 Å². The third-order valence-electron chi connectivity index (χ3n) is 2.66. The number of aromatic nitrogens is 4. The lowest BCUT2D eigenvalue weighted by Gasteiger charge is -2.16. The Morgan fingerprint density at radius 3 is 2.63 bits per heavy atom. The third-order valence-corrected chi connectivity index (χ3v) is 3.47. The number of hydrogen-bond donors (Lipinski definition) is 0. The minimum Gasteiger partial charge on any atom is -0.335 e. The van der Waals surface area contributed by atoms with Crippen molar-refractivity contribution in [3.8, 4) is 0 Å². The average Bonchev–Trinajstić information content (AvgIpc) is 2.72. The molecule has 0 aliphatic rings. The highest BCUT2D eigenvalue weighted by atomic mass is 32.1. The molecule has 6 nitrogen and oxygen atoms in total. The Morgan fingerprint density at radius 2 is 2.05 bits per heavy atom. The molecular formula is C12H15N5OS. The van der Waals surface area contributed by atoms with E-state index in [1.165, 1.54) is 11.5 Å². The summed E-state index contributed by atoms with van der Waals surface area (Å²) in [7, 11) is 1.74. The summed E-state index contributed by atoms with van der Waals surface area (Å²) in [6.07, 6.45) is 0. The van der Waals surface area contributed by atoms with Crippen LogP contribution in [0, 0.1) is 20.8 Å². The van der Waals surface area contributed by atoms with Crippen molar-refractivity contribution in [1.29, 1.82) is 0 Å². The van der Waals surface area contributed by atoms with E-state index in [-0.39, 0.29) is 5.91 Å².